The zero-order valence-corrected chi connectivity index (χ0v) is 15.0. The molecule has 0 aliphatic heterocycles. The minimum absolute atomic E-state index is 0.136. The van der Waals surface area contributed by atoms with Gasteiger partial charge in [0.2, 0.25) is 11.8 Å². The first-order chi connectivity index (χ1) is 12.4. The molecule has 138 valence electrons. The minimum atomic E-state index is -1.07. The Balaban J connectivity index is 1.89. The van der Waals surface area contributed by atoms with Crippen molar-refractivity contribution < 1.29 is 19.5 Å². The smallest absolute Gasteiger partial charge is 0.326 e. The highest BCUT2D eigenvalue weighted by atomic mass is 16.4. The average Bonchev–Trinajstić information content (AvgIpc) is 2.59. The molecule has 0 bridgehead atoms. The summed E-state index contributed by atoms with van der Waals surface area (Å²) in [6.07, 6.45) is 0.494. The van der Waals surface area contributed by atoms with Crippen LogP contribution in [0.4, 0.5) is 0 Å². The quantitative estimate of drug-likeness (QED) is 0.675. The number of aliphatic carboxylic acids is 1. The summed E-state index contributed by atoms with van der Waals surface area (Å²) < 4.78 is 0. The summed E-state index contributed by atoms with van der Waals surface area (Å²) in [6, 6.07) is 12.6. The number of benzene rings is 2. The van der Waals surface area contributed by atoms with Crippen LogP contribution in [-0.2, 0) is 20.8 Å². The predicted molar refractivity (Wildman–Crippen MR) is 99.7 cm³/mol. The van der Waals surface area contributed by atoms with Crippen LogP contribution in [0, 0.1) is 5.92 Å². The monoisotopic (exact) mass is 356 g/mol. The van der Waals surface area contributed by atoms with E-state index < -0.39 is 17.9 Å². The van der Waals surface area contributed by atoms with Crippen molar-refractivity contribution in [1.29, 1.82) is 0 Å². The highest BCUT2D eigenvalue weighted by Gasteiger charge is 2.21. The predicted octanol–water partition coefficient (Wildman–Crippen LogP) is 2.11. The van der Waals surface area contributed by atoms with Gasteiger partial charge < -0.3 is 15.7 Å². The second kappa shape index (κ2) is 8.99. The molecule has 0 heterocycles. The lowest BCUT2D eigenvalue weighted by atomic mass is 10.0. The van der Waals surface area contributed by atoms with E-state index in [0.29, 0.717) is 6.42 Å². The van der Waals surface area contributed by atoms with Gasteiger partial charge in [-0.2, -0.15) is 0 Å². The van der Waals surface area contributed by atoms with Crippen molar-refractivity contribution in [3.05, 3.63) is 48.0 Å². The Labute approximate surface area is 152 Å². The zero-order chi connectivity index (χ0) is 19.1. The van der Waals surface area contributed by atoms with E-state index in [2.05, 4.69) is 10.6 Å². The Morgan fingerprint density at radius 1 is 1.00 bits per heavy atom. The van der Waals surface area contributed by atoms with Crippen LogP contribution < -0.4 is 10.6 Å². The molecule has 2 amide bonds. The largest absolute Gasteiger partial charge is 0.480 e. The van der Waals surface area contributed by atoms with Crippen LogP contribution >= 0.6 is 0 Å². The van der Waals surface area contributed by atoms with Gasteiger partial charge >= 0.3 is 5.97 Å². The molecule has 26 heavy (non-hydrogen) atoms. The fourth-order valence-electron chi connectivity index (χ4n) is 2.80. The molecule has 0 unspecified atom stereocenters. The van der Waals surface area contributed by atoms with Gasteiger partial charge in [-0.1, -0.05) is 56.3 Å². The Bertz CT molecular complexity index is 796. The van der Waals surface area contributed by atoms with E-state index in [1.807, 2.05) is 56.3 Å². The third kappa shape index (κ3) is 5.58. The van der Waals surface area contributed by atoms with Crippen molar-refractivity contribution in [1.82, 2.24) is 10.6 Å². The summed E-state index contributed by atoms with van der Waals surface area (Å²) >= 11 is 0. The van der Waals surface area contributed by atoms with Crippen molar-refractivity contribution in [2.45, 2.75) is 32.7 Å². The SMILES string of the molecule is CC(C)C[C@@H](NC(=O)CNC(=O)Cc1cccc2ccccc12)C(=O)O. The van der Waals surface area contributed by atoms with Gasteiger partial charge in [0.25, 0.3) is 0 Å². The first-order valence-corrected chi connectivity index (χ1v) is 8.62. The molecular formula is C20H24N2O4. The van der Waals surface area contributed by atoms with Crippen molar-refractivity contribution >= 4 is 28.6 Å². The van der Waals surface area contributed by atoms with E-state index in [1.165, 1.54) is 0 Å². The summed E-state index contributed by atoms with van der Waals surface area (Å²) in [4.78, 5) is 35.2. The fourth-order valence-corrected chi connectivity index (χ4v) is 2.80. The maximum absolute atomic E-state index is 12.2. The second-order valence-electron chi connectivity index (χ2n) is 6.68. The summed E-state index contributed by atoms with van der Waals surface area (Å²) in [5, 5.41) is 16.2. The van der Waals surface area contributed by atoms with Gasteiger partial charge in [-0.05, 0) is 28.7 Å². The standard InChI is InChI=1S/C20H24N2O4/c1-13(2)10-17(20(25)26)22-19(24)12-21-18(23)11-15-8-5-7-14-6-3-4-9-16(14)15/h3-9,13,17H,10-12H2,1-2H3,(H,21,23)(H,22,24)(H,25,26)/t17-/m1/s1. The van der Waals surface area contributed by atoms with E-state index in [1.54, 1.807) is 0 Å². The molecule has 0 radical (unpaired) electrons. The Morgan fingerprint density at radius 2 is 1.69 bits per heavy atom. The number of carboxylic acids is 1. The van der Waals surface area contributed by atoms with Gasteiger partial charge in [0.1, 0.15) is 6.04 Å². The van der Waals surface area contributed by atoms with Gasteiger partial charge in [-0.25, -0.2) is 4.79 Å². The van der Waals surface area contributed by atoms with E-state index in [-0.39, 0.29) is 24.8 Å². The molecule has 2 aromatic rings. The lowest BCUT2D eigenvalue weighted by molar-refractivity contribution is -0.142. The van der Waals surface area contributed by atoms with Crippen molar-refractivity contribution in [3.63, 3.8) is 0 Å². The van der Waals surface area contributed by atoms with E-state index in [9.17, 15) is 14.4 Å². The third-order valence-corrected chi connectivity index (χ3v) is 4.02. The Hall–Kier alpha value is -2.89. The third-order valence-electron chi connectivity index (χ3n) is 4.02. The molecule has 0 aliphatic rings. The minimum Gasteiger partial charge on any atom is -0.480 e. The van der Waals surface area contributed by atoms with Crippen molar-refractivity contribution in [3.8, 4) is 0 Å². The molecule has 0 saturated carbocycles. The van der Waals surface area contributed by atoms with Crippen LogP contribution in [0.1, 0.15) is 25.8 Å². The molecule has 2 rings (SSSR count). The Kier molecular flexibility index (Phi) is 6.72. The normalized spacial score (nSPS) is 12.0. The fraction of sp³-hybridized carbons (Fsp3) is 0.350. The maximum Gasteiger partial charge on any atom is 0.326 e. The summed E-state index contributed by atoms with van der Waals surface area (Å²) in [6.45, 7) is 3.52. The molecule has 0 spiro atoms. The molecular weight excluding hydrogens is 332 g/mol. The number of carboxylic acid groups (broad SMARTS) is 1. The molecule has 6 nitrogen and oxygen atoms in total. The number of carbonyl (C=O) groups excluding carboxylic acids is 2. The number of carbonyl (C=O) groups is 3. The number of hydrogen-bond acceptors (Lipinski definition) is 3. The second-order valence-corrected chi connectivity index (χ2v) is 6.68. The molecule has 0 saturated heterocycles. The van der Waals surface area contributed by atoms with Crippen molar-refractivity contribution in [2.24, 2.45) is 5.92 Å². The lowest BCUT2D eigenvalue weighted by Gasteiger charge is -2.16. The van der Waals surface area contributed by atoms with Gasteiger partial charge in [-0.3, -0.25) is 9.59 Å². The molecule has 3 N–H and O–H groups in total. The molecule has 0 aliphatic carbocycles. The van der Waals surface area contributed by atoms with Crippen molar-refractivity contribution in [2.75, 3.05) is 6.54 Å². The number of hydrogen-bond donors (Lipinski definition) is 3. The molecule has 0 aromatic heterocycles. The summed E-state index contributed by atoms with van der Waals surface area (Å²) in [5.41, 5.74) is 0.879. The summed E-state index contributed by atoms with van der Waals surface area (Å²) in [5.74, 6) is -1.73. The van der Waals surface area contributed by atoms with Crippen LogP contribution in [0.2, 0.25) is 0 Å². The zero-order valence-electron chi connectivity index (χ0n) is 15.0. The number of nitrogens with one attached hydrogen (secondary N) is 2. The van der Waals surface area contributed by atoms with E-state index in [0.717, 1.165) is 16.3 Å². The van der Waals surface area contributed by atoms with Crippen LogP contribution in [0.25, 0.3) is 10.8 Å². The van der Waals surface area contributed by atoms with Crippen LogP contribution in [0.5, 0.6) is 0 Å². The first-order valence-electron chi connectivity index (χ1n) is 8.62. The average molecular weight is 356 g/mol. The number of rotatable bonds is 8. The van der Waals surface area contributed by atoms with Crippen LogP contribution in [0.3, 0.4) is 0 Å². The molecule has 2 aromatic carbocycles. The molecule has 0 fully saturated rings. The summed E-state index contributed by atoms with van der Waals surface area (Å²) in [7, 11) is 0. The highest BCUT2D eigenvalue weighted by molar-refractivity contribution is 5.92. The highest BCUT2D eigenvalue weighted by Crippen LogP contribution is 2.18. The number of fused-ring (bicyclic) bond motifs is 1. The molecule has 6 heteroatoms. The van der Waals surface area contributed by atoms with E-state index >= 15 is 0 Å². The Morgan fingerprint density at radius 3 is 2.38 bits per heavy atom. The van der Waals surface area contributed by atoms with Crippen LogP contribution in [0.15, 0.2) is 42.5 Å². The first kappa shape index (κ1) is 19.4. The van der Waals surface area contributed by atoms with Gasteiger partial charge in [0.05, 0.1) is 13.0 Å². The van der Waals surface area contributed by atoms with Gasteiger partial charge in [0, 0.05) is 0 Å². The lowest BCUT2D eigenvalue weighted by Crippen LogP contribution is -2.46. The molecule has 1 atom stereocenters. The number of amides is 2. The topological polar surface area (TPSA) is 95.5 Å². The van der Waals surface area contributed by atoms with Gasteiger partial charge in [0.15, 0.2) is 0 Å². The van der Waals surface area contributed by atoms with Gasteiger partial charge in [-0.15, -0.1) is 0 Å². The van der Waals surface area contributed by atoms with Crippen LogP contribution in [-0.4, -0.2) is 35.5 Å². The van der Waals surface area contributed by atoms with E-state index in [4.69, 9.17) is 5.11 Å². The maximum atomic E-state index is 12.2.